The number of likely N-dealkylation sites (tertiary alicyclic amines) is 1. The second-order valence-electron chi connectivity index (χ2n) is 4.34. The maximum absolute atomic E-state index is 10.7. The molecule has 1 heterocycles. The quantitative estimate of drug-likeness (QED) is 0.666. The Labute approximate surface area is 85.8 Å². The van der Waals surface area contributed by atoms with Crippen LogP contribution in [0.2, 0.25) is 0 Å². The lowest BCUT2D eigenvalue weighted by atomic mass is 10.0. The molecular weight excluding hydrogens is 178 g/mol. The summed E-state index contributed by atoms with van der Waals surface area (Å²) in [7, 11) is 0. The molecule has 3 N–H and O–H groups in total. The van der Waals surface area contributed by atoms with E-state index < -0.39 is 0 Å². The molecule has 0 saturated carbocycles. The summed E-state index contributed by atoms with van der Waals surface area (Å²) in [6, 6.07) is 1.15. The van der Waals surface area contributed by atoms with E-state index in [1.807, 2.05) is 0 Å². The molecule has 1 fully saturated rings. The second-order valence-corrected chi connectivity index (χ2v) is 4.34. The van der Waals surface area contributed by atoms with E-state index in [1.165, 1.54) is 0 Å². The van der Waals surface area contributed by atoms with Crippen molar-refractivity contribution < 1.29 is 4.79 Å². The zero-order chi connectivity index (χ0) is 10.6. The molecule has 1 saturated heterocycles. The van der Waals surface area contributed by atoms with Gasteiger partial charge in [0.25, 0.3) is 0 Å². The highest BCUT2D eigenvalue weighted by atomic mass is 16.1. The molecule has 0 unspecified atom stereocenters. The number of piperidine rings is 1. The number of carbonyl (C=O) groups is 1. The van der Waals surface area contributed by atoms with Gasteiger partial charge in [-0.15, -0.1) is 0 Å². The van der Waals surface area contributed by atoms with E-state index >= 15 is 0 Å². The van der Waals surface area contributed by atoms with Crippen LogP contribution < -0.4 is 11.1 Å². The lowest BCUT2D eigenvalue weighted by Crippen LogP contribution is -2.46. The number of hydrogen-bond donors (Lipinski definition) is 2. The van der Waals surface area contributed by atoms with Gasteiger partial charge >= 0.3 is 0 Å². The predicted molar refractivity (Wildman–Crippen MR) is 56.9 cm³/mol. The van der Waals surface area contributed by atoms with Crippen LogP contribution in [0.3, 0.4) is 0 Å². The molecule has 1 rings (SSSR count). The van der Waals surface area contributed by atoms with Crippen LogP contribution in [0.25, 0.3) is 0 Å². The first kappa shape index (κ1) is 11.5. The third kappa shape index (κ3) is 4.07. The van der Waals surface area contributed by atoms with E-state index in [0.29, 0.717) is 18.6 Å². The Morgan fingerprint density at radius 1 is 1.50 bits per heavy atom. The van der Waals surface area contributed by atoms with E-state index in [1.54, 1.807) is 0 Å². The van der Waals surface area contributed by atoms with Gasteiger partial charge < -0.3 is 11.1 Å². The third-order valence-electron chi connectivity index (χ3n) is 2.54. The second kappa shape index (κ2) is 5.32. The van der Waals surface area contributed by atoms with Gasteiger partial charge in [0, 0.05) is 25.2 Å². The number of nitrogens with one attached hydrogen (secondary N) is 1. The largest absolute Gasteiger partial charge is 0.369 e. The molecule has 0 radical (unpaired) electrons. The Morgan fingerprint density at radius 2 is 2.07 bits per heavy atom. The van der Waals surface area contributed by atoms with Gasteiger partial charge in [0.2, 0.25) is 5.91 Å². The van der Waals surface area contributed by atoms with E-state index in [4.69, 9.17) is 5.73 Å². The monoisotopic (exact) mass is 199 g/mol. The SMILES string of the molecule is CC(C)NC1CCN(CC(N)=O)CC1. The topological polar surface area (TPSA) is 58.4 Å². The molecule has 1 amide bonds. The van der Waals surface area contributed by atoms with Gasteiger partial charge in [0.15, 0.2) is 0 Å². The number of nitrogens with zero attached hydrogens (tertiary/aromatic N) is 1. The minimum atomic E-state index is -0.222. The molecular formula is C10H21N3O. The van der Waals surface area contributed by atoms with Crippen LogP contribution in [0, 0.1) is 0 Å². The zero-order valence-electron chi connectivity index (χ0n) is 9.12. The molecule has 4 heteroatoms. The number of primary amides is 1. The van der Waals surface area contributed by atoms with Crippen molar-refractivity contribution in [2.45, 2.75) is 38.8 Å². The maximum Gasteiger partial charge on any atom is 0.231 e. The fourth-order valence-electron chi connectivity index (χ4n) is 1.95. The van der Waals surface area contributed by atoms with Gasteiger partial charge in [-0.1, -0.05) is 13.8 Å². The van der Waals surface area contributed by atoms with Crippen LogP contribution >= 0.6 is 0 Å². The summed E-state index contributed by atoms with van der Waals surface area (Å²) in [5, 5.41) is 3.51. The Bertz CT molecular complexity index is 186. The summed E-state index contributed by atoms with van der Waals surface area (Å²) in [6.07, 6.45) is 2.23. The Hall–Kier alpha value is -0.610. The van der Waals surface area contributed by atoms with E-state index in [-0.39, 0.29) is 5.91 Å². The number of amides is 1. The molecule has 0 aromatic rings. The van der Waals surface area contributed by atoms with Crippen LogP contribution in [-0.2, 0) is 4.79 Å². The summed E-state index contributed by atoms with van der Waals surface area (Å²) >= 11 is 0. The average Bonchev–Trinajstić information content (AvgIpc) is 2.06. The Balaban J connectivity index is 2.21. The van der Waals surface area contributed by atoms with Crippen molar-refractivity contribution in [2.24, 2.45) is 5.73 Å². The molecule has 0 spiro atoms. The minimum Gasteiger partial charge on any atom is -0.369 e. The van der Waals surface area contributed by atoms with Crippen LogP contribution in [-0.4, -0.2) is 42.5 Å². The summed E-state index contributed by atoms with van der Waals surface area (Å²) in [4.78, 5) is 12.8. The molecule has 0 aliphatic carbocycles. The van der Waals surface area contributed by atoms with Crippen molar-refractivity contribution in [3.05, 3.63) is 0 Å². The normalized spacial score (nSPS) is 20.2. The van der Waals surface area contributed by atoms with Crippen molar-refractivity contribution in [1.29, 1.82) is 0 Å². The molecule has 4 nitrogen and oxygen atoms in total. The van der Waals surface area contributed by atoms with Crippen LogP contribution in [0.1, 0.15) is 26.7 Å². The van der Waals surface area contributed by atoms with Gasteiger partial charge in [0.1, 0.15) is 0 Å². The molecule has 14 heavy (non-hydrogen) atoms. The maximum atomic E-state index is 10.7. The van der Waals surface area contributed by atoms with Gasteiger partial charge in [-0.25, -0.2) is 0 Å². The number of nitrogens with two attached hydrogens (primary N) is 1. The molecule has 0 aromatic heterocycles. The number of carbonyl (C=O) groups excluding carboxylic acids is 1. The lowest BCUT2D eigenvalue weighted by Gasteiger charge is -2.32. The average molecular weight is 199 g/mol. The van der Waals surface area contributed by atoms with Crippen molar-refractivity contribution in [1.82, 2.24) is 10.2 Å². The summed E-state index contributed by atoms with van der Waals surface area (Å²) < 4.78 is 0. The molecule has 82 valence electrons. The Kier molecular flexibility index (Phi) is 4.35. The number of rotatable bonds is 4. The highest BCUT2D eigenvalue weighted by molar-refractivity contribution is 5.75. The van der Waals surface area contributed by atoms with Crippen LogP contribution in [0.4, 0.5) is 0 Å². The van der Waals surface area contributed by atoms with Crippen LogP contribution in [0.15, 0.2) is 0 Å². The van der Waals surface area contributed by atoms with Crippen molar-refractivity contribution in [2.75, 3.05) is 19.6 Å². The highest BCUT2D eigenvalue weighted by Crippen LogP contribution is 2.10. The number of hydrogen-bond acceptors (Lipinski definition) is 3. The molecule has 0 atom stereocenters. The lowest BCUT2D eigenvalue weighted by molar-refractivity contribution is -0.119. The first-order valence-corrected chi connectivity index (χ1v) is 5.34. The van der Waals surface area contributed by atoms with E-state index in [0.717, 1.165) is 25.9 Å². The van der Waals surface area contributed by atoms with Crippen molar-refractivity contribution >= 4 is 5.91 Å². The highest BCUT2D eigenvalue weighted by Gasteiger charge is 2.19. The summed E-state index contributed by atoms with van der Waals surface area (Å²) in [5.41, 5.74) is 5.14. The standard InChI is InChI=1S/C10H21N3O/c1-8(2)12-9-3-5-13(6-4-9)7-10(11)14/h8-9,12H,3-7H2,1-2H3,(H2,11,14). The third-order valence-corrected chi connectivity index (χ3v) is 2.54. The molecule has 0 aromatic carbocycles. The first-order valence-electron chi connectivity index (χ1n) is 5.34. The molecule has 1 aliphatic rings. The Morgan fingerprint density at radius 3 is 2.50 bits per heavy atom. The van der Waals surface area contributed by atoms with E-state index in [9.17, 15) is 4.79 Å². The molecule has 1 aliphatic heterocycles. The fourth-order valence-corrected chi connectivity index (χ4v) is 1.95. The van der Waals surface area contributed by atoms with Crippen molar-refractivity contribution in [3.63, 3.8) is 0 Å². The smallest absolute Gasteiger partial charge is 0.231 e. The summed E-state index contributed by atoms with van der Waals surface area (Å²) in [5.74, 6) is -0.222. The first-order chi connectivity index (χ1) is 6.58. The van der Waals surface area contributed by atoms with Gasteiger partial charge in [-0.05, 0) is 12.8 Å². The zero-order valence-corrected chi connectivity index (χ0v) is 9.12. The minimum absolute atomic E-state index is 0.222. The van der Waals surface area contributed by atoms with Crippen molar-refractivity contribution in [3.8, 4) is 0 Å². The predicted octanol–water partition coefficient (Wildman–Crippen LogP) is -0.0659. The summed E-state index contributed by atoms with van der Waals surface area (Å²) in [6.45, 7) is 6.70. The van der Waals surface area contributed by atoms with Gasteiger partial charge in [-0.3, -0.25) is 9.69 Å². The van der Waals surface area contributed by atoms with E-state index in [2.05, 4.69) is 24.1 Å². The van der Waals surface area contributed by atoms with Crippen LogP contribution in [0.5, 0.6) is 0 Å². The fraction of sp³-hybridized carbons (Fsp3) is 0.900. The van der Waals surface area contributed by atoms with Gasteiger partial charge in [-0.2, -0.15) is 0 Å². The van der Waals surface area contributed by atoms with Gasteiger partial charge in [0.05, 0.1) is 6.54 Å². The molecule has 0 bridgehead atoms.